The van der Waals surface area contributed by atoms with E-state index in [1.807, 2.05) is 78.9 Å². The second-order valence-electron chi connectivity index (χ2n) is 9.13. The lowest BCUT2D eigenvalue weighted by molar-refractivity contribution is -0.122. The molecule has 8 nitrogen and oxygen atoms in total. The van der Waals surface area contributed by atoms with E-state index in [0.29, 0.717) is 45.9 Å². The molecule has 0 spiro atoms. The van der Waals surface area contributed by atoms with Crippen molar-refractivity contribution < 1.29 is 14.3 Å². The summed E-state index contributed by atoms with van der Waals surface area (Å²) in [6, 6.07) is 23.1. The first-order chi connectivity index (χ1) is 20.0. The number of carbonyl (C=O) groups is 1. The van der Waals surface area contributed by atoms with Crippen molar-refractivity contribution in [2.24, 2.45) is 4.99 Å². The lowest BCUT2D eigenvalue weighted by atomic mass is 10.1. The Kier molecular flexibility index (Phi) is 8.57. The minimum Gasteiger partial charge on any atom is -0.497 e. The largest absolute Gasteiger partial charge is 0.497 e. The van der Waals surface area contributed by atoms with Gasteiger partial charge in [-0.2, -0.15) is 5.26 Å². The number of methoxy groups -OCH3 is 2. The number of carbonyl (C=O) groups excluding carboxylic acids is 1. The Hall–Kier alpha value is -4.33. The van der Waals surface area contributed by atoms with Gasteiger partial charge in [-0.25, -0.2) is 4.99 Å². The van der Waals surface area contributed by atoms with Gasteiger partial charge in [0.2, 0.25) is 0 Å². The topological polar surface area (TPSA) is 90.2 Å². The Morgan fingerprint density at radius 2 is 1.85 bits per heavy atom. The Labute approximate surface area is 248 Å². The van der Waals surface area contributed by atoms with E-state index < -0.39 is 0 Å². The Morgan fingerprint density at radius 1 is 1.05 bits per heavy atom. The van der Waals surface area contributed by atoms with Crippen molar-refractivity contribution >= 4 is 51.7 Å². The summed E-state index contributed by atoms with van der Waals surface area (Å²) in [6.45, 7) is 3.07. The number of aliphatic imine (C=N–C) groups is 1. The number of hydrogen-bond acceptors (Lipinski definition) is 9. The van der Waals surface area contributed by atoms with Crippen LogP contribution in [0.1, 0.15) is 23.6 Å². The van der Waals surface area contributed by atoms with E-state index in [2.05, 4.69) is 11.4 Å². The summed E-state index contributed by atoms with van der Waals surface area (Å²) in [5.74, 6) is 1.26. The van der Waals surface area contributed by atoms with Crippen molar-refractivity contribution in [1.82, 2.24) is 9.80 Å². The van der Waals surface area contributed by atoms with Gasteiger partial charge in [-0.1, -0.05) is 42.1 Å². The van der Waals surface area contributed by atoms with Crippen LogP contribution in [0.15, 0.2) is 87.1 Å². The molecule has 2 heterocycles. The van der Waals surface area contributed by atoms with Crippen LogP contribution < -0.4 is 14.8 Å². The molecule has 41 heavy (non-hydrogen) atoms. The van der Waals surface area contributed by atoms with E-state index in [9.17, 15) is 10.1 Å². The van der Waals surface area contributed by atoms with E-state index in [4.69, 9.17) is 14.5 Å². The number of amides is 1. The summed E-state index contributed by atoms with van der Waals surface area (Å²) in [7, 11) is 5.20. The van der Waals surface area contributed by atoms with Crippen LogP contribution in [0.25, 0.3) is 5.70 Å². The van der Waals surface area contributed by atoms with Crippen molar-refractivity contribution in [1.29, 1.82) is 5.26 Å². The first kappa shape index (κ1) is 28.2. The molecule has 2 aliphatic heterocycles. The van der Waals surface area contributed by atoms with Gasteiger partial charge in [0, 0.05) is 30.6 Å². The smallest absolute Gasteiger partial charge is 0.269 e. The van der Waals surface area contributed by atoms with E-state index in [0.717, 1.165) is 27.5 Å². The number of anilines is 1. The third kappa shape index (κ3) is 5.78. The fraction of sp³-hybridized carbons (Fsp3) is 0.194. The van der Waals surface area contributed by atoms with Gasteiger partial charge in [0.05, 0.1) is 54.5 Å². The average Bonchev–Trinajstić information content (AvgIpc) is 3.52. The van der Waals surface area contributed by atoms with Gasteiger partial charge in [0.15, 0.2) is 5.17 Å². The molecule has 10 heteroatoms. The second-order valence-corrected chi connectivity index (χ2v) is 11.0. The van der Waals surface area contributed by atoms with E-state index in [-0.39, 0.29) is 5.91 Å². The molecule has 1 fully saturated rings. The second kappa shape index (κ2) is 12.5. The third-order valence-corrected chi connectivity index (χ3v) is 8.82. The summed E-state index contributed by atoms with van der Waals surface area (Å²) in [5, 5.41) is 16.2. The summed E-state index contributed by atoms with van der Waals surface area (Å²) in [6.07, 6.45) is 0. The summed E-state index contributed by atoms with van der Waals surface area (Å²) >= 11 is 2.84. The van der Waals surface area contributed by atoms with Gasteiger partial charge in [-0.05, 0) is 54.6 Å². The van der Waals surface area contributed by atoms with Crippen LogP contribution in [0.3, 0.4) is 0 Å². The van der Waals surface area contributed by atoms with Crippen molar-refractivity contribution in [2.45, 2.75) is 13.5 Å². The zero-order chi connectivity index (χ0) is 28.9. The highest BCUT2D eigenvalue weighted by molar-refractivity contribution is 8.19. The number of rotatable bonds is 8. The molecule has 0 aliphatic carbocycles. The molecule has 0 bridgehead atoms. The molecule has 1 N–H and O–H groups in total. The normalized spacial score (nSPS) is 17.6. The van der Waals surface area contributed by atoms with Gasteiger partial charge >= 0.3 is 0 Å². The standard InChI is InChI=1S/C31H29N5O3S2/c1-5-33-24-14-11-21(17-32)15-25(24)34-31-36(18-20-9-7-6-8-10-20)29(37)28(41-31)30-35(2)26(19-40-30)23-13-12-22(38-3)16-27(23)39-4/h6-16,19,33H,5,18H2,1-4H3/b30-28-,34-31?. The molecule has 0 saturated carbocycles. The highest BCUT2D eigenvalue weighted by Crippen LogP contribution is 2.48. The minimum atomic E-state index is -0.121. The van der Waals surface area contributed by atoms with Crippen molar-refractivity contribution in [3.05, 3.63) is 98.8 Å². The molecule has 0 atom stereocenters. The van der Waals surface area contributed by atoms with Gasteiger partial charge in [0.1, 0.15) is 16.4 Å². The zero-order valence-electron chi connectivity index (χ0n) is 23.2. The maximum atomic E-state index is 14.0. The molecule has 0 aromatic heterocycles. The highest BCUT2D eigenvalue weighted by atomic mass is 32.2. The maximum absolute atomic E-state index is 14.0. The number of hydrogen-bond donors (Lipinski definition) is 1. The van der Waals surface area contributed by atoms with Crippen LogP contribution in [-0.4, -0.2) is 48.7 Å². The molecule has 2 aliphatic rings. The Bertz CT molecular complexity index is 1610. The Balaban J connectivity index is 1.55. The third-order valence-electron chi connectivity index (χ3n) is 6.58. The number of thioether (sulfide) groups is 2. The number of nitrogens with one attached hydrogen (secondary N) is 1. The number of benzene rings is 3. The molecule has 208 valence electrons. The fourth-order valence-electron chi connectivity index (χ4n) is 4.50. The van der Waals surface area contributed by atoms with Crippen LogP contribution in [0, 0.1) is 11.3 Å². The molecule has 3 aromatic rings. The predicted molar refractivity (Wildman–Crippen MR) is 167 cm³/mol. The van der Waals surface area contributed by atoms with Crippen LogP contribution in [0.2, 0.25) is 0 Å². The quantitative estimate of drug-likeness (QED) is 0.296. The molecular weight excluding hydrogens is 555 g/mol. The van der Waals surface area contributed by atoms with Gasteiger partial charge in [0.25, 0.3) is 5.91 Å². The lowest BCUT2D eigenvalue weighted by Crippen LogP contribution is -2.29. The lowest BCUT2D eigenvalue weighted by Gasteiger charge is -2.21. The first-order valence-electron chi connectivity index (χ1n) is 12.9. The van der Waals surface area contributed by atoms with E-state index in [1.165, 1.54) is 23.5 Å². The van der Waals surface area contributed by atoms with Gasteiger partial charge < -0.3 is 19.7 Å². The van der Waals surface area contributed by atoms with Crippen LogP contribution >= 0.6 is 23.5 Å². The monoisotopic (exact) mass is 583 g/mol. The van der Waals surface area contributed by atoms with Crippen LogP contribution in [0.5, 0.6) is 11.5 Å². The summed E-state index contributed by atoms with van der Waals surface area (Å²) < 4.78 is 11.0. The van der Waals surface area contributed by atoms with Crippen LogP contribution in [0.4, 0.5) is 11.4 Å². The zero-order valence-corrected chi connectivity index (χ0v) is 24.8. The fourth-order valence-corrected chi connectivity index (χ4v) is 6.73. The number of nitriles is 1. The molecule has 1 saturated heterocycles. The minimum absolute atomic E-state index is 0.121. The molecule has 0 radical (unpaired) electrons. The number of amidine groups is 1. The molecular formula is C31H29N5O3S2. The van der Waals surface area contributed by atoms with Gasteiger partial charge in [-0.3, -0.25) is 9.69 Å². The molecule has 3 aromatic carbocycles. The molecule has 0 unspecified atom stereocenters. The maximum Gasteiger partial charge on any atom is 0.269 e. The van der Waals surface area contributed by atoms with E-state index in [1.54, 1.807) is 31.3 Å². The van der Waals surface area contributed by atoms with Crippen molar-refractivity contribution in [3.63, 3.8) is 0 Å². The summed E-state index contributed by atoms with van der Waals surface area (Å²) in [5.41, 5.74) is 4.72. The predicted octanol–water partition coefficient (Wildman–Crippen LogP) is 6.62. The van der Waals surface area contributed by atoms with Crippen molar-refractivity contribution in [3.8, 4) is 17.6 Å². The highest BCUT2D eigenvalue weighted by Gasteiger charge is 2.39. The average molecular weight is 584 g/mol. The van der Waals surface area contributed by atoms with E-state index >= 15 is 0 Å². The number of ether oxygens (including phenoxy) is 2. The van der Waals surface area contributed by atoms with Crippen LogP contribution in [-0.2, 0) is 11.3 Å². The number of nitrogens with zero attached hydrogens (tertiary/aromatic N) is 4. The van der Waals surface area contributed by atoms with Gasteiger partial charge in [-0.15, -0.1) is 0 Å². The molecule has 5 rings (SSSR count). The molecule has 1 amide bonds. The first-order valence-corrected chi connectivity index (χ1v) is 14.6. The van der Waals surface area contributed by atoms with Crippen molar-refractivity contribution in [2.75, 3.05) is 33.1 Å². The Morgan fingerprint density at radius 3 is 2.56 bits per heavy atom. The SMILES string of the molecule is CCNc1ccc(C#N)cc1N=C1S/C(=C2\SC=C(c3ccc(OC)cc3OC)N2C)C(=O)N1Cc1ccccc1. The summed E-state index contributed by atoms with van der Waals surface area (Å²) in [4.78, 5) is 23.3.